The number of hydrogen-bond acceptors (Lipinski definition) is 5. The lowest BCUT2D eigenvalue weighted by Gasteiger charge is -2.22. The van der Waals surface area contributed by atoms with E-state index >= 15 is 0 Å². The van der Waals surface area contributed by atoms with Crippen LogP contribution in [0.25, 0.3) is 22.0 Å². The Hall–Kier alpha value is -3.32. The van der Waals surface area contributed by atoms with Gasteiger partial charge in [-0.05, 0) is 61.8 Å². The monoisotopic (exact) mass is 388 g/mol. The lowest BCUT2D eigenvalue weighted by Crippen LogP contribution is -2.29. The summed E-state index contributed by atoms with van der Waals surface area (Å²) in [6.07, 6.45) is 7.75. The molecule has 0 amide bonds. The summed E-state index contributed by atoms with van der Waals surface area (Å²) in [7, 11) is 0. The Morgan fingerprint density at radius 3 is 2.79 bits per heavy atom. The van der Waals surface area contributed by atoms with Crippen molar-refractivity contribution in [2.75, 3.05) is 18.4 Å². The minimum Gasteiger partial charge on any atom is -0.340 e. The molecule has 2 N–H and O–H groups in total. The highest BCUT2D eigenvalue weighted by atomic mass is 19.1. The molecule has 1 aliphatic heterocycles. The fourth-order valence-corrected chi connectivity index (χ4v) is 3.80. The van der Waals surface area contributed by atoms with E-state index in [1.165, 1.54) is 18.5 Å². The van der Waals surface area contributed by atoms with Crippen LogP contribution in [0.4, 0.5) is 15.9 Å². The van der Waals surface area contributed by atoms with Crippen LogP contribution in [-0.2, 0) is 0 Å². The van der Waals surface area contributed by atoms with Crippen LogP contribution in [0.2, 0.25) is 0 Å². The number of fused-ring (bicyclic) bond motifs is 1. The van der Waals surface area contributed by atoms with Crippen molar-refractivity contribution >= 4 is 22.4 Å². The van der Waals surface area contributed by atoms with Crippen molar-refractivity contribution in [2.45, 2.75) is 18.9 Å². The van der Waals surface area contributed by atoms with E-state index in [4.69, 9.17) is 0 Å². The van der Waals surface area contributed by atoms with Gasteiger partial charge in [0.05, 0.1) is 17.8 Å². The Kier molecular flexibility index (Phi) is 4.65. The molecule has 146 valence electrons. The topological polar surface area (TPSA) is 67.7 Å². The van der Waals surface area contributed by atoms with Crippen LogP contribution in [0.1, 0.15) is 18.9 Å². The maximum atomic E-state index is 13.5. The van der Waals surface area contributed by atoms with Crippen LogP contribution >= 0.6 is 0 Å². The summed E-state index contributed by atoms with van der Waals surface area (Å²) < 4.78 is 15.6. The highest BCUT2D eigenvalue weighted by Gasteiger charge is 2.16. The summed E-state index contributed by atoms with van der Waals surface area (Å²) in [5, 5.41) is 12.0. The summed E-state index contributed by atoms with van der Waals surface area (Å²) in [5.74, 6) is 0.360. The molecule has 3 heterocycles. The van der Waals surface area contributed by atoms with Gasteiger partial charge in [-0.1, -0.05) is 12.1 Å². The third-order valence-electron chi connectivity index (χ3n) is 5.34. The molecule has 1 fully saturated rings. The van der Waals surface area contributed by atoms with Crippen LogP contribution in [0, 0.1) is 5.82 Å². The molecule has 29 heavy (non-hydrogen) atoms. The van der Waals surface area contributed by atoms with Crippen molar-refractivity contribution in [2.24, 2.45) is 0 Å². The van der Waals surface area contributed by atoms with Crippen LogP contribution in [0.5, 0.6) is 0 Å². The molecule has 6 nitrogen and oxygen atoms in total. The Bertz CT molecular complexity index is 1150. The van der Waals surface area contributed by atoms with Gasteiger partial charge >= 0.3 is 0 Å². The Morgan fingerprint density at radius 1 is 1.03 bits per heavy atom. The van der Waals surface area contributed by atoms with E-state index in [1.807, 2.05) is 24.4 Å². The normalized spacial score (nSPS) is 14.9. The highest BCUT2D eigenvalue weighted by molar-refractivity contribution is 5.93. The SMILES string of the molecule is Fc1cccc(Nc2ncnc3cc(-c4cnn(C5CCNCC5)c4)ccc23)c1. The zero-order valence-corrected chi connectivity index (χ0v) is 15.8. The molecule has 0 atom stereocenters. The number of nitrogens with zero attached hydrogens (tertiary/aromatic N) is 4. The van der Waals surface area contributed by atoms with Crippen LogP contribution < -0.4 is 10.6 Å². The summed E-state index contributed by atoms with van der Waals surface area (Å²) in [6, 6.07) is 12.9. The van der Waals surface area contributed by atoms with E-state index in [9.17, 15) is 4.39 Å². The molecule has 5 rings (SSSR count). The molecule has 0 unspecified atom stereocenters. The average Bonchev–Trinajstić information content (AvgIpc) is 3.25. The van der Waals surface area contributed by atoms with Gasteiger partial charge in [-0.3, -0.25) is 4.68 Å². The van der Waals surface area contributed by atoms with Gasteiger partial charge in [-0.2, -0.15) is 5.10 Å². The smallest absolute Gasteiger partial charge is 0.141 e. The number of piperidine rings is 1. The van der Waals surface area contributed by atoms with Gasteiger partial charge in [0.1, 0.15) is 18.0 Å². The number of halogens is 1. The zero-order chi connectivity index (χ0) is 19.6. The van der Waals surface area contributed by atoms with Gasteiger partial charge < -0.3 is 10.6 Å². The fourth-order valence-electron chi connectivity index (χ4n) is 3.80. The van der Waals surface area contributed by atoms with Crippen molar-refractivity contribution in [3.8, 4) is 11.1 Å². The third-order valence-corrected chi connectivity index (χ3v) is 5.34. The largest absolute Gasteiger partial charge is 0.340 e. The Morgan fingerprint density at radius 2 is 1.93 bits per heavy atom. The van der Waals surface area contributed by atoms with Crippen LogP contribution in [-0.4, -0.2) is 32.8 Å². The molecule has 7 heteroatoms. The number of anilines is 2. The minimum atomic E-state index is -0.290. The molecule has 4 aromatic rings. The van der Waals surface area contributed by atoms with Crippen molar-refractivity contribution in [1.82, 2.24) is 25.1 Å². The third kappa shape index (κ3) is 3.69. The van der Waals surface area contributed by atoms with E-state index in [-0.39, 0.29) is 5.82 Å². The van der Waals surface area contributed by atoms with Gasteiger partial charge in [0.15, 0.2) is 0 Å². The first-order chi connectivity index (χ1) is 14.3. The second-order valence-electron chi connectivity index (χ2n) is 7.28. The van der Waals surface area contributed by atoms with Crippen molar-refractivity contribution in [1.29, 1.82) is 0 Å². The lowest BCUT2D eigenvalue weighted by atomic mass is 10.1. The first-order valence-corrected chi connectivity index (χ1v) is 9.79. The van der Waals surface area contributed by atoms with Gasteiger partial charge in [-0.25, -0.2) is 14.4 Å². The molecule has 1 aliphatic rings. The standard InChI is InChI=1S/C22H21FN6/c23-17-2-1-3-18(11-17)28-22-20-5-4-15(10-21(20)25-14-26-22)16-12-27-29(13-16)19-6-8-24-9-7-19/h1-5,10-14,19,24H,6-9H2,(H,25,26,28). The Balaban J connectivity index is 1.44. The van der Waals surface area contributed by atoms with Crippen molar-refractivity contribution < 1.29 is 4.39 Å². The molecule has 1 saturated heterocycles. The first-order valence-electron chi connectivity index (χ1n) is 9.79. The maximum absolute atomic E-state index is 13.5. The summed E-state index contributed by atoms with van der Waals surface area (Å²) in [5.41, 5.74) is 3.61. The van der Waals surface area contributed by atoms with E-state index in [2.05, 4.69) is 36.6 Å². The molecule has 2 aromatic heterocycles. The molecule has 0 spiro atoms. The molecule has 2 aromatic carbocycles. The van der Waals surface area contributed by atoms with Gasteiger partial charge in [0.2, 0.25) is 0 Å². The van der Waals surface area contributed by atoms with Crippen LogP contribution in [0.15, 0.2) is 61.2 Å². The number of aromatic nitrogens is 4. The number of benzene rings is 2. The molecule has 0 saturated carbocycles. The molecule has 0 aliphatic carbocycles. The van der Waals surface area contributed by atoms with Crippen molar-refractivity contribution in [3.05, 3.63) is 67.0 Å². The van der Waals surface area contributed by atoms with Gasteiger partial charge in [-0.15, -0.1) is 0 Å². The fraction of sp³-hybridized carbons (Fsp3) is 0.227. The molecular formula is C22H21FN6. The predicted octanol–water partition coefficient (Wildman–Crippen LogP) is 4.30. The first kappa shape index (κ1) is 17.8. The van der Waals surface area contributed by atoms with Crippen molar-refractivity contribution in [3.63, 3.8) is 0 Å². The quantitative estimate of drug-likeness (QED) is 0.546. The maximum Gasteiger partial charge on any atom is 0.141 e. The second kappa shape index (κ2) is 7.60. The highest BCUT2D eigenvalue weighted by Crippen LogP contribution is 2.29. The predicted molar refractivity (Wildman–Crippen MR) is 112 cm³/mol. The molecule has 0 bridgehead atoms. The lowest BCUT2D eigenvalue weighted by molar-refractivity contribution is 0.343. The molecular weight excluding hydrogens is 367 g/mol. The second-order valence-corrected chi connectivity index (χ2v) is 7.28. The van der Waals surface area contributed by atoms with E-state index in [1.54, 1.807) is 12.1 Å². The van der Waals surface area contributed by atoms with E-state index in [0.717, 1.165) is 48.0 Å². The number of rotatable bonds is 4. The summed E-state index contributed by atoms with van der Waals surface area (Å²) in [6.45, 7) is 2.07. The molecule has 0 radical (unpaired) electrons. The number of hydrogen-bond donors (Lipinski definition) is 2. The van der Waals surface area contributed by atoms with E-state index < -0.39 is 0 Å². The van der Waals surface area contributed by atoms with E-state index in [0.29, 0.717) is 17.5 Å². The van der Waals surface area contributed by atoms with Gasteiger partial charge in [0.25, 0.3) is 0 Å². The van der Waals surface area contributed by atoms with Gasteiger partial charge in [0, 0.05) is 22.8 Å². The Labute approximate surface area is 167 Å². The summed E-state index contributed by atoms with van der Waals surface area (Å²) >= 11 is 0. The minimum absolute atomic E-state index is 0.290. The zero-order valence-electron chi connectivity index (χ0n) is 15.8. The van der Waals surface area contributed by atoms with Crippen LogP contribution in [0.3, 0.4) is 0 Å². The average molecular weight is 388 g/mol. The number of nitrogens with one attached hydrogen (secondary N) is 2. The summed E-state index contributed by atoms with van der Waals surface area (Å²) in [4.78, 5) is 8.76.